The molecule has 0 unspecified atom stereocenters. The largest absolute Gasteiger partial charge is 0.394 e. The normalized spacial score (nSPS) is 12.8. The molecular weight excluding hydrogens is 472 g/mol. The lowest BCUT2D eigenvalue weighted by Crippen LogP contribution is -2.41. The summed E-state index contributed by atoms with van der Waals surface area (Å²) in [5, 5.41) is 48.3. The van der Waals surface area contributed by atoms with Gasteiger partial charge in [0.05, 0.1) is 46.3 Å². The van der Waals surface area contributed by atoms with Gasteiger partial charge in [0.1, 0.15) is 11.1 Å². The number of hydrogen-bond acceptors (Lipinski definition) is 8. The van der Waals surface area contributed by atoms with E-state index in [-0.39, 0.29) is 47.3 Å². The summed E-state index contributed by atoms with van der Waals surface area (Å²) in [4.78, 5) is 48.3. The van der Waals surface area contributed by atoms with Crippen LogP contribution in [0.5, 0.6) is 0 Å². The molecule has 0 bridgehead atoms. The van der Waals surface area contributed by atoms with Gasteiger partial charge in [-0.05, 0) is 36.1 Å². The summed E-state index contributed by atoms with van der Waals surface area (Å²) in [5.74, 6) is -1.97. The first-order valence-electron chi connectivity index (χ1n) is 11.3. The third kappa shape index (κ3) is 6.20. The molecule has 12 heteroatoms. The number of hydrogen-bond donors (Lipinski definition) is 4. The number of nitro benzene ring substituents is 2. The van der Waals surface area contributed by atoms with Crippen molar-refractivity contribution in [3.05, 3.63) is 67.8 Å². The number of aliphatic hydroxyl groups excluding tert-OH is 2. The van der Waals surface area contributed by atoms with Crippen LogP contribution >= 0.6 is 0 Å². The van der Waals surface area contributed by atoms with E-state index in [0.29, 0.717) is 0 Å². The highest BCUT2D eigenvalue weighted by Gasteiger charge is 2.33. The van der Waals surface area contributed by atoms with Gasteiger partial charge < -0.3 is 20.8 Å². The zero-order valence-electron chi connectivity index (χ0n) is 20.4. The molecule has 4 N–H and O–H groups in total. The Morgan fingerprint density at radius 1 is 0.750 bits per heavy atom. The molecule has 0 aliphatic heterocycles. The van der Waals surface area contributed by atoms with Crippen molar-refractivity contribution in [3.8, 4) is 11.1 Å². The minimum atomic E-state index is -0.824. The molecule has 0 saturated heterocycles. The molecule has 2 aromatic rings. The van der Waals surface area contributed by atoms with Gasteiger partial charge in [-0.3, -0.25) is 29.8 Å². The molecule has 0 aromatic heterocycles. The van der Waals surface area contributed by atoms with Crippen LogP contribution in [0, 0.1) is 32.1 Å². The SMILES string of the molecule is CC(C)[C@@H](CO)NC(=O)c1cccc(-c2cccc(C(=O)N[C@H](CO)C(C)C)c2[N+](=O)[O-])c1[N+](=O)[O-]. The average molecular weight is 503 g/mol. The maximum Gasteiger partial charge on any atom is 0.290 e. The van der Waals surface area contributed by atoms with Crippen molar-refractivity contribution in [1.29, 1.82) is 0 Å². The standard InChI is InChI=1S/C24H30N4O8/c1-13(2)19(11-29)25-23(31)17-9-5-7-15(21(17)27(33)34)16-8-6-10-18(22(16)28(35)36)24(32)26-20(12-30)14(3)4/h5-10,13-14,19-20,29-30H,11-12H2,1-4H3,(H,25,31)(H,26,32)/t19-,20-/m1/s1. The first-order chi connectivity index (χ1) is 16.9. The molecule has 2 atom stereocenters. The van der Waals surface area contributed by atoms with Crippen LogP contribution in [0.4, 0.5) is 11.4 Å². The van der Waals surface area contributed by atoms with Crippen molar-refractivity contribution in [1.82, 2.24) is 10.6 Å². The Labute approximate surface area is 207 Å². The molecule has 194 valence electrons. The van der Waals surface area contributed by atoms with Crippen LogP contribution in [0.2, 0.25) is 0 Å². The van der Waals surface area contributed by atoms with E-state index in [2.05, 4.69) is 10.6 Å². The van der Waals surface area contributed by atoms with Crippen molar-refractivity contribution < 1.29 is 29.6 Å². The van der Waals surface area contributed by atoms with Crippen LogP contribution in [-0.2, 0) is 0 Å². The predicted molar refractivity (Wildman–Crippen MR) is 132 cm³/mol. The van der Waals surface area contributed by atoms with Crippen molar-refractivity contribution >= 4 is 23.2 Å². The Balaban J connectivity index is 2.69. The molecule has 0 heterocycles. The van der Waals surface area contributed by atoms with Gasteiger partial charge >= 0.3 is 0 Å². The van der Waals surface area contributed by atoms with Crippen molar-refractivity contribution in [2.24, 2.45) is 11.8 Å². The number of amides is 2. The summed E-state index contributed by atoms with van der Waals surface area (Å²) in [6, 6.07) is 6.30. The Morgan fingerprint density at radius 2 is 1.08 bits per heavy atom. The fraction of sp³-hybridized carbons (Fsp3) is 0.417. The van der Waals surface area contributed by atoms with Crippen LogP contribution in [0.15, 0.2) is 36.4 Å². The summed E-state index contributed by atoms with van der Waals surface area (Å²) in [5.41, 5.74) is -2.48. The molecule has 36 heavy (non-hydrogen) atoms. The van der Waals surface area contributed by atoms with Crippen LogP contribution < -0.4 is 10.6 Å². The van der Waals surface area contributed by atoms with E-state index in [0.717, 1.165) is 0 Å². The van der Waals surface area contributed by atoms with E-state index in [4.69, 9.17) is 0 Å². The maximum absolute atomic E-state index is 12.9. The van der Waals surface area contributed by atoms with Gasteiger partial charge in [0.15, 0.2) is 0 Å². The number of aliphatic hydroxyl groups is 2. The number of carbonyl (C=O) groups is 2. The Kier molecular flexibility index (Phi) is 9.59. The quantitative estimate of drug-likeness (QED) is 0.267. The first kappa shape index (κ1) is 28.3. The number of carbonyl (C=O) groups excluding carboxylic acids is 2. The topological polar surface area (TPSA) is 185 Å². The van der Waals surface area contributed by atoms with Gasteiger partial charge in [-0.25, -0.2) is 0 Å². The first-order valence-corrected chi connectivity index (χ1v) is 11.3. The monoisotopic (exact) mass is 502 g/mol. The van der Waals surface area contributed by atoms with Crippen LogP contribution in [0.1, 0.15) is 48.4 Å². The second kappa shape index (κ2) is 12.2. The molecule has 0 spiro atoms. The maximum atomic E-state index is 12.9. The minimum absolute atomic E-state index is 0.161. The Hall–Kier alpha value is -3.90. The highest BCUT2D eigenvalue weighted by atomic mass is 16.6. The fourth-order valence-electron chi connectivity index (χ4n) is 3.62. The third-order valence-electron chi connectivity index (χ3n) is 5.85. The van der Waals surface area contributed by atoms with Gasteiger partial charge in [-0.1, -0.05) is 39.8 Å². The van der Waals surface area contributed by atoms with Gasteiger partial charge in [0.2, 0.25) is 0 Å². The minimum Gasteiger partial charge on any atom is -0.394 e. The lowest BCUT2D eigenvalue weighted by molar-refractivity contribution is -0.386. The summed E-state index contributed by atoms with van der Waals surface area (Å²) in [6.45, 7) is 6.26. The highest BCUT2D eigenvalue weighted by molar-refractivity contribution is 6.05. The zero-order valence-corrected chi connectivity index (χ0v) is 20.4. The second-order valence-corrected chi connectivity index (χ2v) is 8.93. The molecule has 0 fully saturated rings. The Bertz CT molecular complexity index is 1060. The third-order valence-corrected chi connectivity index (χ3v) is 5.85. The number of nitro groups is 2. The van der Waals surface area contributed by atoms with E-state index in [1.807, 2.05) is 0 Å². The molecule has 2 amide bonds. The van der Waals surface area contributed by atoms with E-state index >= 15 is 0 Å². The summed E-state index contributed by atoms with van der Waals surface area (Å²) in [6.07, 6.45) is 0. The fourth-order valence-corrected chi connectivity index (χ4v) is 3.62. The summed E-state index contributed by atoms with van der Waals surface area (Å²) < 4.78 is 0. The summed E-state index contributed by atoms with van der Waals surface area (Å²) >= 11 is 0. The van der Waals surface area contributed by atoms with Crippen molar-refractivity contribution in [2.75, 3.05) is 13.2 Å². The lowest BCUT2D eigenvalue weighted by Gasteiger charge is -2.20. The molecule has 0 aliphatic carbocycles. The number of benzene rings is 2. The zero-order chi connectivity index (χ0) is 27.2. The van der Waals surface area contributed by atoms with Crippen molar-refractivity contribution in [3.63, 3.8) is 0 Å². The molecule has 2 rings (SSSR count). The van der Waals surface area contributed by atoms with Crippen LogP contribution in [0.3, 0.4) is 0 Å². The van der Waals surface area contributed by atoms with E-state index < -0.39 is 45.1 Å². The number of nitrogens with zero attached hydrogens (tertiary/aromatic N) is 2. The van der Waals surface area contributed by atoms with E-state index in [1.54, 1.807) is 27.7 Å². The average Bonchev–Trinajstić information content (AvgIpc) is 2.83. The smallest absolute Gasteiger partial charge is 0.290 e. The molecule has 0 saturated carbocycles. The number of para-hydroxylation sites is 2. The molecular formula is C24H30N4O8. The van der Waals surface area contributed by atoms with Crippen molar-refractivity contribution in [2.45, 2.75) is 39.8 Å². The van der Waals surface area contributed by atoms with E-state index in [1.165, 1.54) is 36.4 Å². The van der Waals surface area contributed by atoms with Gasteiger partial charge in [-0.15, -0.1) is 0 Å². The number of rotatable bonds is 11. The second-order valence-electron chi connectivity index (χ2n) is 8.93. The van der Waals surface area contributed by atoms with Gasteiger partial charge in [0, 0.05) is 0 Å². The Morgan fingerprint density at radius 3 is 1.33 bits per heavy atom. The molecule has 0 radical (unpaired) electrons. The van der Waals surface area contributed by atoms with E-state index in [9.17, 15) is 40.0 Å². The predicted octanol–water partition coefficient (Wildman–Crippen LogP) is 2.66. The van der Waals surface area contributed by atoms with Crippen LogP contribution in [-0.4, -0.2) is 57.2 Å². The number of nitrogens with one attached hydrogen (secondary N) is 2. The highest BCUT2D eigenvalue weighted by Crippen LogP contribution is 2.39. The molecule has 2 aromatic carbocycles. The van der Waals surface area contributed by atoms with Gasteiger partial charge in [-0.2, -0.15) is 0 Å². The molecule has 0 aliphatic rings. The lowest BCUT2D eigenvalue weighted by atomic mass is 9.95. The molecule has 12 nitrogen and oxygen atoms in total. The van der Waals surface area contributed by atoms with Gasteiger partial charge in [0.25, 0.3) is 23.2 Å². The van der Waals surface area contributed by atoms with Crippen LogP contribution in [0.25, 0.3) is 11.1 Å². The summed E-state index contributed by atoms with van der Waals surface area (Å²) in [7, 11) is 0.